The smallest absolute Gasteiger partial charge is 0.157 e. The first-order chi connectivity index (χ1) is 28.1. The van der Waals surface area contributed by atoms with Gasteiger partial charge >= 0.3 is 0 Å². The topological polar surface area (TPSA) is 66.0 Å². The molecule has 7 aromatic heterocycles. The van der Waals surface area contributed by atoms with Crippen molar-refractivity contribution in [2.24, 2.45) is 0 Å². The number of nitrogens with zero attached hydrogens (tertiary/aromatic N) is 2. The third kappa shape index (κ3) is 7.34. The Balaban J connectivity index is 1.12. The van der Waals surface area contributed by atoms with Crippen LogP contribution in [-0.4, -0.2) is 13.2 Å². The second kappa shape index (κ2) is 17.1. The van der Waals surface area contributed by atoms with Crippen molar-refractivity contribution in [2.45, 2.75) is 65.2 Å². The normalized spacial score (nSPS) is 11.6. The van der Waals surface area contributed by atoms with Crippen molar-refractivity contribution in [3.05, 3.63) is 83.9 Å². The van der Waals surface area contributed by atoms with E-state index in [1.165, 1.54) is 51.8 Å². The van der Waals surface area contributed by atoms with Crippen LogP contribution in [0, 0.1) is 22.7 Å². The molecule has 4 nitrogen and oxygen atoms in total. The van der Waals surface area contributed by atoms with E-state index in [4.69, 9.17) is 9.47 Å². The fourth-order valence-corrected chi connectivity index (χ4v) is 16.1. The van der Waals surface area contributed by atoms with Crippen LogP contribution in [-0.2, 0) is 0 Å². The molecule has 0 fully saturated rings. The third-order valence-corrected chi connectivity index (χ3v) is 19.0. The monoisotopic (exact) mass is 874 g/mol. The van der Waals surface area contributed by atoms with E-state index in [0.29, 0.717) is 35.8 Å². The van der Waals surface area contributed by atoms with Gasteiger partial charge in [-0.15, -0.1) is 79.4 Å². The minimum Gasteiger partial charge on any atom is -0.491 e. The molecule has 0 aliphatic heterocycles. The number of fused-ring (bicyclic) bond motifs is 6. The molecule has 9 aromatic rings. The summed E-state index contributed by atoms with van der Waals surface area (Å²) in [4.78, 5) is 8.14. The molecule has 0 saturated heterocycles. The molecule has 0 radical (unpaired) electrons. The zero-order valence-corrected chi connectivity index (χ0v) is 37.3. The van der Waals surface area contributed by atoms with Crippen molar-refractivity contribution in [1.82, 2.24) is 0 Å². The highest BCUT2D eigenvalue weighted by molar-refractivity contribution is 7.36. The minimum absolute atomic E-state index is 0.581. The van der Waals surface area contributed by atoms with Crippen LogP contribution in [0.4, 0.5) is 0 Å². The molecule has 0 spiro atoms. The van der Waals surface area contributed by atoms with Crippen LogP contribution in [0.3, 0.4) is 0 Å². The lowest BCUT2D eigenvalue weighted by Crippen LogP contribution is -1.98. The van der Waals surface area contributed by atoms with E-state index in [1.807, 2.05) is 22.7 Å². The van der Waals surface area contributed by atoms with Gasteiger partial charge in [0, 0.05) is 39.3 Å². The Morgan fingerprint density at radius 1 is 0.456 bits per heavy atom. The molecule has 11 heteroatoms. The zero-order valence-electron chi connectivity index (χ0n) is 31.6. The Labute approximate surface area is 360 Å². The maximum Gasteiger partial charge on any atom is 0.157 e. The molecule has 2 aromatic carbocycles. The summed E-state index contributed by atoms with van der Waals surface area (Å²) in [7, 11) is 0. The summed E-state index contributed by atoms with van der Waals surface area (Å²) < 4.78 is 20.8. The molecule has 286 valence electrons. The summed E-state index contributed by atoms with van der Waals surface area (Å²) in [6, 6.07) is 31.1. The molecule has 0 amide bonds. The van der Waals surface area contributed by atoms with Gasteiger partial charge in [0.15, 0.2) is 11.5 Å². The summed E-state index contributed by atoms with van der Waals surface area (Å²) in [6.07, 6.45) is 8.78. The number of nitriles is 2. The first kappa shape index (κ1) is 38.5. The molecule has 0 N–H and O–H groups in total. The number of unbranched alkanes of at least 4 members (excludes halogenated alkanes) is 6. The summed E-state index contributed by atoms with van der Waals surface area (Å²) in [5, 5.41) is 24.1. The highest BCUT2D eigenvalue weighted by Crippen LogP contribution is 2.56. The van der Waals surface area contributed by atoms with E-state index in [2.05, 4.69) is 98.8 Å². The van der Waals surface area contributed by atoms with Gasteiger partial charge in [-0.25, -0.2) is 0 Å². The van der Waals surface area contributed by atoms with Crippen molar-refractivity contribution in [3.8, 4) is 62.7 Å². The van der Waals surface area contributed by atoms with Crippen LogP contribution >= 0.6 is 79.4 Å². The molecule has 9 rings (SSSR count). The average molecular weight is 875 g/mol. The summed E-state index contributed by atoms with van der Waals surface area (Å²) in [6.45, 7) is 5.59. The lowest BCUT2D eigenvalue weighted by atomic mass is 10.2. The first-order valence-corrected chi connectivity index (χ1v) is 25.1. The van der Waals surface area contributed by atoms with Gasteiger partial charge in [-0.1, -0.05) is 88.8 Å². The maximum absolute atomic E-state index is 10.8. The summed E-state index contributed by atoms with van der Waals surface area (Å²) >= 11 is 12.1. The first-order valence-electron chi connectivity index (χ1n) is 19.4. The van der Waals surface area contributed by atoms with Gasteiger partial charge in [-0.05, 0) is 49.2 Å². The predicted octanol–water partition coefficient (Wildman–Crippen LogP) is 17.1. The molecule has 0 atom stereocenters. The predicted molar refractivity (Wildman–Crippen MR) is 252 cm³/mol. The van der Waals surface area contributed by atoms with E-state index in [-0.39, 0.29) is 0 Å². The molecule has 0 bridgehead atoms. The van der Waals surface area contributed by atoms with Gasteiger partial charge in [0.1, 0.15) is 23.3 Å². The molecule has 0 aliphatic rings. The SMILES string of the molecule is CCCCCCOc1c(-c2cc3sc4ccccc4c3s2)sc(-c2ccc(-c3sc(-c4cc5sc6ccccc6c5s4)c(OCCCCCC)c3C#N)s2)c1C#N. The number of hydrogen-bond acceptors (Lipinski definition) is 11. The van der Waals surface area contributed by atoms with Crippen molar-refractivity contribution < 1.29 is 9.47 Å². The largest absolute Gasteiger partial charge is 0.491 e. The van der Waals surface area contributed by atoms with Crippen LogP contribution in [0.5, 0.6) is 11.5 Å². The van der Waals surface area contributed by atoms with Crippen LogP contribution in [0.2, 0.25) is 0 Å². The average Bonchev–Trinajstić information content (AvgIpc) is 4.09. The highest BCUT2D eigenvalue weighted by atomic mass is 32.1. The number of benzene rings is 2. The van der Waals surface area contributed by atoms with Gasteiger partial charge in [-0.2, -0.15) is 10.5 Å². The van der Waals surface area contributed by atoms with Crippen LogP contribution in [0.1, 0.15) is 76.3 Å². The molecule has 0 aliphatic carbocycles. The van der Waals surface area contributed by atoms with E-state index in [9.17, 15) is 10.5 Å². The van der Waals surface area contributed by atoms with Crippen molar-refractivity contribution >= 4 is 118 Å². The number of ether oxygens (including phenoxy) is 2. The van der Waals surface area contributed by atoms with Gasteiger partial charge < -0.3 is 9.47 Å². The molecular formula is C46H38N2O2S7. The number of thiophene rings is 7. The molecule has 57 heavy (non-hydrogen) atoms. The van der Waals surface area contributed by atoms with Crippen LogP contribution < -0.4 is 9.47 Å². The van der Waals surface area contributed by atoms with E-state index in [0.717, 1.165) is 77.5 Å². The lowest BCUT2D eigenvalue weighted by Gasteiger charge is -2.07. The van der Waals surface area contributed by atoms with E-state index in [1.54, 1.807) is 56.7 Å². The van der Waals surface area contributed by atoms with E-state index >= 15 is 0 Å². The Hall–Kier alpha value is -4.04. The Morgan fingerprint density at radius 2 is 0.912 bits per heavy atom. The fourth-order valence-electron chi connectivity index (χ4n) is 7.19. The van der Waals surface area contributed by atoms with Crippen molar-refractivity contribution in [1.29, 1.82) is 10.5 Å². The van der Waals surface area contributed by atoms with Crippen LogP contribution in [0.25, 0.3) is 78.0 Å². The highest BCUT2D eigenvalue weighted by Gasteiger charge is 2.28. The second-order valence-electron chi connectivity index (χ2n) is 13.9. The standard InChI is InChI=1S/C46H38N2O2S7/c1-3-5-7-13-21-49-39-29(25-47)43(56-45(39)37-23-35-41(54-37)27-15-9-11-17-31(27)51-35)33-19-20-34(53-33)44-30(26-48)40(50-22-14-8-6-4-2)46(57-44)38-24-36-42(55-38)28-16-10-12-18-32(28)52-36/h9-12,15-20,23-24H,3-8,13-14,21-22H2,1-2H3. The Bertz CT molecular complexity index is 2750. The maximum atomic E-state index is 10.8. The molecule has 0 saturated carbocycles. The number of hydrogen-bond donors (Lipinski definition) is 0. The lowest BCUT2D eigenvalue weighted by molar-refractivity contribution is 0.306. The molecule has 7 heterocycles. The van der Waals surface area contributed by atoms with Gasteiger partial charge in [0.25, 0.3) is 0 Å². The van der Waals surface area contributed by atoms with E-state index < -0.39 is 0 Å². The summed E-state index contributed by atoms with van der Waals surface area (Å²) in [5.41, 5.74) is 1.18. The Kier molecular flexibility index (Phi) is 11.5. The molecular weight excluding hydrogens is 837 g/mol. The summed E-state index contributed by atoms with van der Waals surface area (Å²) in [5.74, 6) is 1.39. The second-order valence-corrected chi connectivity index (χ2v) is 21.3. The van der Waals surface area contributed by atoms with Gasteiger partial charge in [0.05, 0.1) is 51.9 Å². The molecule has 0 unspecified atom stereocenters. The fraction of sp³-hybridized carbons (Fsp3) is 0.261. The minimum atomic E-state index is 0.581. The van der Waals surface area contributed by atoms with Crippen molar-refractivity contribution in [2.75, 3.05) is 13.2 Å². The van der Waals surface area contributed by atoms with Crippen molar-refractivity contribution in [3.63, 3.8) is 0 Å². The van der Waals surface area contributed by atoms with Crippen LogP contribution in [0.15, 0.2) is 72.8 Å². The van der Waals surface area contributed by atoms with Gasteiger partial charge in [0.2, 0.25) is 0 Å². The zero-order chi connectivity index (χ0) is 38.9. The quantitative estimate of drug-likeness (QED) is 0.0907. The number of rotatable bonds is 16. The Morgan fingerprint density at radius 3 is 1.35 bits per heavy atom. The third-order valence-electron chi connectivity index (χ3n) is 10.0. The van der Waals surface area contributed by atoms with Gasteiger partial charge in [-0.3, -0.25) is 0 Å².